The molecular weight excluding hydrogens is 277 g/mol. The Morgan fingerprint density at radius 2 is 2.25 bits per heavy atom. The summed E-state index contributed by atoms with van der Waals surface area (Å²) in [6.45, 7) is 0.503. The van der Waals surface area contributed by atoms with Gasteiger partial charge in [-0.05, 0) is 23.6 Å². The van der Waals surface area contributed by atoms with E-state index in [4.69, 9.17) is 0 Å². The molecule has 3 aromatic rings. The third kappa shape index (κ3) is 2.70. The molecule has 3 aromatic heterocycles. The fraction of sp³-hybridized carbons (Fsp3) is 0.143. The number of nitrogens with zero attached hydrogens (tertiary/aromatic N) is 2. The largest absolute Gasteiger partial charge is 0.351 e. The van der Waals surface area contributed by atoms with E-state index in [9.17, 15) is 9.18 Å². The summed E-state index contributed by atoms with van der Waals surface area (Å²) in [4.78, 5) is 16.8. The number of rotatable bonds is 4. The van der Waals surface area contributed by atoms with Crippen molar-refractivity contribution in [3.8, 4) is 0 Å². The number of fused-ring (bicyclic) bond motifs is 1. The van der Waals surface area contributed by atoms with E-state index in [1.807, 2.05) is 11.4 Å². The molecule has 0 saturated carbocycles. The fourth-order valence-electron chi connectivity index (χ4n) is 1.94. The van der Waals surface area contributed by atoms with Gasteiger partial charge < -0.3 is 9.72 Å². The third-order valence-corrected chi connectivity index (χ3v) is 3.75. The van der Waals surface area contributed by atoms with E-state index in [2.05, 4.69) is 10.3 Å². The fourth-order valence-corrected chi connectivity index (χ4v) is 2.58. The third-order valence-electron chi connectivity index (χ3n) is 2.88. The normalized spacial score (nSPS) is 10.8. The van der Waals surface area contributed by atoms with Crippen LogP contribution in [0.3, 0.4) is 0 Å². The second-order valence-electron chi connectivity index (χ2n) is 4.33. The molecule has 0 atom stereocenters. The number of hydrogen-bond donors (Lipinski definition) is 1. The summed E-state index contributed by atoms with van der Waals surface area (Å²) >= 11 is 1.41. The quantitative estimate of drug-likeness (QED) is 0.802. The van der Waals surface area contributed by atoms with E-state index in [0.29, 0.717) is 23.5 Å². The predicted molar refractivity (Wildman–Crippen MR) is 75.5 cm³/mol. The average molecular weight is 289 g/mol. The van der Waals surface area contributed by atoms with E-state index in [-0.39, 0.29) is 11.7 Å². The van der Waals surface area contributed by atoms with Crippen molar-refractivity contribution in [3.63, 3.8) is 0 Å². The van der Waals surface area contributed by atoms with Crippen molar-refractivity contribution < 1.29 is 9.18 Å². The van der Waals surface area contributed by atoms with Crippen molar-refractivity contribution in [2.45, 2.75) is 6.42 Å². The van der Waals surface area contributed by atoms with Crippen molar-refractivity contribution in [2.24, 2.45) is 0 Å². The molecule has 0 aliphatic carbocycles. The molecule has 0 bridgehead atoms. The van der Waals surface area contributed by atoms with Crippen LogP contribution in [0.2, 0.25) is 0 Å². The van der Waals surface area contributed by atoms with Gasteiger partial charge in [-0.3, -0.25) is 4.79 Å². The zero-order valence-electron chi connectivity index (χ0n) is 10.5. The molecular formula is C14H12FN3OS. The Morgan fingerprint density at radius 3 is 3.05 bits per heavy atom. The Balaban J connectivity index is 1.61. The number of nitrogens with one attached hydrogen (secondary N) is 1. The number of halogens is 1. The van der Waals surface area contributed by atoms with Gasteiger partial charge >= 0.3 is 0 Å². The molecule has 102 valence electrons. The molecule has 3 rings (SSSR count). The Hall–Kier alpha value is -2.21. The van der Waals surface area contributed by atoms with Gasteiger partial charge in [0.1, 0.15) is 11.5 Å². The maximum Gasteiger partial charge on any atom is 0.261 e. The predicted octanol–water partition coefficient (Wildman–Crippen LogP) is 2.51. The molecule has 0 radical (unpaired) electrons. The van der Waals surface area contributed by atoms with Crippen LogP contribution in [-0.4, -0.2) is 21.8 Å². The molecule has 0 aliphatic heterocycles. The first kappa shape index (κ1) is 12.8. The van der Waals surface area contributed by atoms with Gasteiger partial charge in [-0.2, -0.15) is 0 Å². The van der Waals surface area contributed by atoms with E-state index in [1.54, 1.807) is 22.7 Å². The molecule has 20 heavy (non-hydrogen) atoms. The summed E-state index contributed by atoms with van der Waals surface area (Å²) in [6.07, 6.45) is 3.77. The molecule has 0 aromatic carbocycles. The van der Waals surface area contributed by atoms with Crippen molar-refractivity contribution in [3.05, 3.63) is 58.4 Å². The second kappa shape index (κ2) is 5.42. The highest BCUT2D eigenvalue weighted by Gasteiger charge is 2.06. The number of pyridine rings is 1. The molecule has 1 amide bonds. The molecule has 0 aliphatic rings. The van der Waals surface area contributed by atoms with Gasteiger partial charge in [0.15, 0.2) is 0 Å². The van der Waals surface area contributed by atoms with E-state index >= 15 is 0 Å². The molecule has 6 heteroatoms. The maximum atomic E-state index is 13.1. The van der Waals surface area contributed by atoms with Crippen molar-refractivity contribution in [1.82, 2.24) is 14.7 Å². The van der Waals surface area contributed by atoms with Crippen LogP contribution in [0.25, 0.3) is 5.65 Å². The van der Waals surface area contributed by atoms with Crippen molar-refractivity contribution in [2.75, 3.05) is 6.54 Å². The van der Waals surface area contributed by atoms with Crippen molar-refractivity contribution >= 4 is 22.9 Å². The lowest BCUT2D eigenvalue weighted by atomic mass is 10.3. The first-order valence-electron chi connectivity index (χ1n) is 6.17. The van der Waals surface area contributed by atoms with Gasteiger partial charge in [-0.1, -0.05) is 6.07 Å². The Kier molecular flexibility index (Phi) is 3.47. The minimum absolute atomic E-state index is 0.0743. The molecule has 0 saturated heterocycles. The SMILES string of the molecule is O=C(NCCc1cn2cc(F)ccc2n1)c1cccs1. The molecule has 0 spiro atoms. The Labute approximate surface area is 118 Å². The summed E-state index contributed by atoms with van der Waals surface area (Å²) in [6, 6.07) is 6.64. The molecule has 3 heterocycles. The first-order chi connectivity index (χ1) is 9.72. The van der Waals surface area contributed by atoms with E-state index < -0.39 is 0 Å². The summed E-state index contributed by atoms with van der Waals surface area (Å²) in [5.74, 6) is -0.373. The molecule has 1 N–H and O–H groups in total. The lowest BCUT2D eigenvalue weighted by molar-refractivity contribution is 0.0958. The molecule has 0 fully saturated rings. The van der Waals surface area contributed by atoms with Crippen molar-refractivity contribution in [1.29, 1.82) is 0 Å². The number of amides is 1. The standard InChI is InChI=1S/C14H12FN3OS/c15-10-3-4-13-17-11(9-18(13)8-10)5-6-16-14(19)12-2-1-7-20-12/h1-4,7-9H,5-6H2,(H,16,19). The minimum Gasteiger partial charge on any atom is -0.351 e. The van der Waals surface area contributed by atoms with Gasteiger partial charge in [0.05, 0.1) is 10.6 Å². The minimum atomic E-state index is -0.299. The van der Waals surface area contributed by atoms with Crippen LogP contribution in [0.1, 0.15) is 15.4 Å². The van der Waals surface area contributed by atoms with Crippen LogP contribution < -0.4 is 5.32 Å². The summed E-state index contributed by atoms with van der Waals surface area (Å²) in [7, 11) is 0. The van der Waals surface area contributed by atoms with Crippen LogP contribution >= 0.6 is 11.3 Å². The highest BCUT2D eigenvalue weighted by molar-refractivity contribution is 7.12. The maximum absolute atomic E-state index is 13.1. The smallest absolute Gasteiger partial charge is 0.261 e. The summed E-state index contributed by atoms with van der Waals surface area (Å²) in [5.41, 5.74) is 1.52. The Morgan fingerprint density at radius 1 is 1.35 bits per heavy atom. The van der Waals surface area contributed by atoms with Gasteiger partial charge in [-0.25, -0.2) is 9.37 Å². The number of carbonyl (C=O) groups excluding carboxylic acids is 1. The van der Waals surface area contributed by atoms with Gasteiger partial charge in [0.2, 0.25) is 0 Å². The number of hydrogen-bond acceptors (Lipinski definition) is 3. The highest BCUT2D eigenvalue weighted by Crippen LogP contribution is 2.09. The Bertz CT molecular complexity index is 736. The lowest BCUT2D eigenvalue weighted by Crippen LogP contribution is -2.24. The van der Waals surface area contributed by atoms with Crippen LogP contribution in [-0.2, 0) is 6.42 Å². The highest BCUT2D eigenvalue weighted by atomic mass is 32.1. The monoisotopic (exact) mass is 289 g/mol. The van der Waals surface area contributed by atoms with Crippen LogP contribution in [0.5, 0.6) is 0 Å². The lowest BCUT2D eigenvalue weighted by Gasteiger charge is -2.01. The molecule has 0 unspecified atom stereocenters. The molecule has 4 nitrogen and oxygen atoms in total. The first-order valence-corrected chi connectivity index (χ1v) is 7.05. The number of thiophene rings is 1. The topological polar surface area (TPSA) is 46.4 Å². The summed E-state index contributed by atoms with van der Waals surface area (Å²) in [5, 5.41) is 4.70. The number of carbonyl (C=O) groups is 1. The van der Waals surface area contributed by atoms with E-state index in [0.717, 1.165) is 5.69 Å². The number of aromatic nitrogens is 2. The van der Waals surface area contributed by atoms with Crippen LogP contribution in [0.4, 0.5) is 4.39 Å². The van der Waals surface area contributed by atoms with Crippen LogP contribution in [0.15, 0.2) is 42.0 Å². The van der Waals surface area contributed by atoms with Gasteiger partial charge in [0, 0.05) is 25.4 Å². The van der Waals surface area contributed by atoms with Gasteiger partial charge in [0.25, 0.3) is 5.91 Å². The average Bonchev–Trinajstić information content (AvgIpc) is 3.06. The van der Waals surface area contributed by atoms with Gasteiger partial charge in [-0.15, -0.1) is 11.3 Å². The second-order valence-corrected chi connectivity index (χ2v) is 5.28. The zero-order chi connectivity index (χ0) is 13.9. The summed E-state index contributed by atoms with van der Waals surface area (Å²) < 4.78 is 14.7. The van der Waals surface area contributed by atoms with Crippen LogP contribution in [0, 0.1) is 5.82 Å². The van der Waals surface area contributed by atoms with E-state index in [1.165, 1.54) is 23.6 Å². The number of imidazole rings is 1. The zero-order valence-corrected chi connectivity index (χ0v) is 11.4.